The normalized spacial score (nSPS) is 10.4. The Morgan fingerprint density at radius 2 is 2.00 bits per heavy atom. The van der Waals surface area contributed by atoms with Crippen LogP contribution in [0, 0.1) is 6.92 Å². The van der Waals surface area contributed by atoms with E-state index in [9.17, 15) is 0 Å². The van der Waals surface area contributed by atoms with Crippen molar-refractivity contribution in [1.82, 2.24) is 0 Å². The highest BCUT2D eigenvalue weighted by Crippen LogP contribution is 2.20. The van der Waals surface area contributed by atoms with Crippen LogP contribution < -0.4 is 5.32 Å². The van der Waals surface area contributed by atoms with E-state index in [1.807, 2.05) is 0 Å². The highest BCUT2D eigenvalue weighted by atomic mass is 79.9. The van der Waals surface area contributed by atoms with E-state index in [0.717, 1.165) is 4.47 Å². The van der Waals surface area contributed by atoms with E-state index in [4.69, 9.17) is 0 Å². The lowest BCUT2D eigenvalue weighted by molar-refractivity contribution is 0.899. The number of benzene rings is 1. The van der Waals surface area contributed by atoms with Gasteiger partial charge >= 0.3 is 0 Å². The summed E-state index contributed by atoms with van der Waals surface area (Å²) in [5.74, 6) is 0. The standard InChI is InChI=1S/C10H14BrN/c1-7(2)12-9-5-4-8(3)10(11)6-9/h4-7,12H,1-3H3. The van der Waals surface area contributed by atoms with Crippen LogP contribution in [0.5, 0.6) is 0 Å². The third-order valence-corrected chi connectivity index (χ3v) is 2.48. The van der Waals surface area contributed by atoms with Gasteiger partial charge in [0, 0.05) is 16.2 Å². The topological polar surface area (TPSA) is 12.0 Å². The van der Waals surface area contributed by atoms with Crippen molar-refractivity contribution in [2.75, 3.05) is 5.32 Å². The van der Waals surface area contributed by atoms with E-state index < -0.39 is 0 Å². The number of anilines is 1. The van der Waals surface area contributed by atoms with Gasteiger partial charge in [-0.05, 0) is 38.5 Å². The Bertz CT molecular complexity index is 269. The van der Waals surface area contributed by atoms with E-state index in [2.05, 4.69) is 60.2 Å². The fourth-order valence-electron chi connectivity index (χ4n) is 1.02. The van der Waals surface area contributed by atoms with Gasteiger partial charge in [0.25, 0.3) is 0 Å². The molecule has 0 amide bonds. The van der Waals surface area contributed by atoms with Crippen LogP contribution in [0.15, 0.2) is 22.7 Å². The third kappa shape index (κ3) is 2.52. The van der Waals surface area contributed by atoms with Crippen LogP contribution in [0.1, 0.15) is 19.4 Å². The van der Waals surface area contributed by atoms with Crippen molar-refractivity contribution < 1.29 is 0 Å². The molecule has 0 aromatic heterocycles. The molecular formula is C10H14BrN. The first-order valence-corrected chi connectivity index (χ1v) is 4.91. The molecule has 2 heteroatoms. The second-order valence-electron chi connectivity index (χ2n) is 3.26. The second-order valence-corrected chi connectivity index (χ2v) is 4.12. The number of rotatable bonds is 2. The Morgan fingerprint density at radius 1 is 1.33 bits per heavy atom. The molecule has 0 heterocycles. The third-order valence-electron chi connectivity index (χ3n) is 1.63. The van der Waals surface area contributed by atoms with Gasteiger partial charge in [0.15, 0.2) is 0 Å². The molecule has 0 aliphatic rings. The van der Waals surface area contributed by atoms with E-state index in [-0.39, 0.29) is 0 Å². The Balaban J connectivity index is 2.82. The molecule has 1 aromatic rings. The molecule has 12 heavy (non-hydrogen) atoms. The molecule has 0 fully saturated rings. The van der Waals surface area contributed by atoms with Gasteiger partial charge in [-0.2, -0.15) is 0 Å². The highest BCUT2D eigenvalue weighted by molar-refractivity contribution is 9.10. The quantitative estimate of drug-likeness (QED) is 0.815. The molecule has 0 aliphatic carbocycles. The fourth-order valence-corrected chi connectivity index (χ4v) is 1.39. The SMILES string of the molecule is Cc1ccc(NC(C)C)cc1Br. The Hall–Kier alpha value is -0.500. The van der Waals surface area contributed by atoms with Gasteiger partial charge in [0.2, 0.25) is 0 Å². The molecule has 0 saturated carbocycles. The maximum Gasteiger partial charge on any atom is 0.0353 e. The van der Waals surface area contributed by atoms with Crippen LogP contribution in [0.4, 0.5) is 5.69 Å². The van der Waals surface area contributed by atoms with Crippen molar-refractivity contribution in [3.8, 4) is 0 Å². The maximum absolute atomic E-state index is 3.50. The first-order valence-electron chi connectivity index (χ1n) is 4.12. The fraction of sp³-hybridized carbons (Fsp3) is 0.400. The average Bonchev–Trinajstić information content (AvgIpc) is 1.96. The van der Waals surface area contributed by atoms with Gasteiger partial charge in [0.05, 0.1) is 0 Å². The summed E-state index contributed by atoms with van der Waals surface area (Å²) < 4.78 is 1.16. The minimum absolute atomic E-state index is 0.486. The summed E-state index contributed by atoms with van der Waals surface area (Å²) in [4.78, 5) is 0. The van der Waals surface area contributed by atoms with Crippen LogP contribution in [0.25, 0.3) is 0 Å². The molecule has 0 saturated heterocycles. The van der Waals surface area contributed by atoms with Gasteiger partial charge in [0.1, 0.15) is 0 Å². The molecule has 0 bridgehead atoms. The minimum atomic E-state index is 0.486. The second kappa shape index (κ2) is 3.94. The molecule has 1 nitrogen and oxygen atoms in total. The summed E-state index contributed by atoms with van der Waals surface area (Å²) in [6.45, 7) is 6.35. The molecule has 1 aromatic carbocycles. The van der Waals surface area contributed by atoms with Crippen LogP contribution >= 0.6 is 15.9 Å². The number of halogens is 1. The molecule has 0 spiro atoms. The smallest absolute Gasteiger partial charge is 0.0353 e. The van der Waals surface area contributed by atoms with Gasteiger partial charge in [-0.15, -0.1) is 0 Å². The predicted molar refractivity (Wildman–Crippen MR) is 57.6 cm³/mol. The van der Waals surface area contributed by atoms with E-state index in [1.54, 1.807) is 0 Å². The Morgan fingerprint density at radius 3 is 2.50 bits per heavy atom. The van der Waals surface area contributed by atoms with Crippen molar-refractivity contribution >= 4 is 21.6 Å². The van der Waals surface area contributed by atoms with E-state index in [1.165, 1.54) is 11.3 Å². The maximum atomic E-state index is 3.50. The summed E-state index contributed by atoms with van der Waals surface area (Å²) in [5.41, 5.74) is 2.44. The lowest BCUT2D eigenvalue weighted by Gasteiger charge is -2.10. The first kappa shape index (κ1) is 9.59. The van der Waals surface area contributed by atoms with Gasteiger partial charge in [-0.25, -0.2) is 0 Å². The predicted octanol–water partition coefficient (Wildman–Crippen LogP) is 3.58. The average molecular weight is 228 g/mol. The number of hydrogen-bond donors (Lipinski definition) is 1. The molecule has 0 aliphatic heterocycles. The monoisotopic (exact) mass is 227 g/mol. The Kier molecular flexibility index (Phi) is 3.15. The zero-order chi connectivity index (χ0) is 9.14. The van der Waals surface area contributed by atoms with E-state index >= 15 is 0 Å². The number of aryl methyl sites for hydroxylation is 1. The van der Waals surface area contributed by atoms with Crippen LogP contribution in [-0.2, 0) is 0 Å². The summed E-state index contributed by atoms with van der Waals surface area (Å²) in [7, 11) is 0. The molecule has 66 valence electrons. The van der Waals surface area contributed by atoms with Crippen LogP contribution in [0.2, 0.25) is 0 Å². The largest absolute Gasteiger partial charge is 0.383 e. The zero-order valence-electron chi connectivity index (χ0n) is 7.69. The molecule has 0 unspecified atom stereocenters. The van der Waals surface area contributed by atoms with Crippen LogP contribution in [0.3, 0.4) is 0 Å². The van der Waals surface area contributed by atoms with Gasteiger partial charge in [-0.1, -0.05) is 22.0 Å². The molecular weight excluding hydrogens is 214 g/mol. The zero-order valence-corrected chi connectivity index (χ0v) is 9.27. The van der Waals surface area contributed by atoms with Crippen molar-refractivity contribution in [3.05, 3.63) is 28.2 Å². The van der Waals surface area contributed by atoms with Gasteiger partial charge < -0.3 is 5.32 Å². The molecule has 1 N–H and O–H groups in total. The molecule has 0 radical (unpaired) electrons. The lowest BCUT2D eigenvalue weighted by Crippen LogP contribution is -2.09. The summed E-state index contributed by atoms with van der Waals surface area (Å²) in [6.07, 6.45) is 0. The molecule has 1 rings (SSSR count). The minimum Gasteiger partial charge on any atom is -0.383 e. The van der Waals surface area contributed by atoms with Crippen molar-refractivity contribution in [1.29, 1.82) is 0 Å². The van der Waals surface area contributed by atoms with Gasteiger partial charge in [-0.3, -0.25) is 0 Å². The lowest BCUT2D eigenvalue weighted by atomic mass is 10.2. The van der Waals surface area contributed by atoms with Crippen molar-refractivity contribution in [2.45, 2.75) is 26.8 Å². The van der Waals surface area contributed by atoms with Crippen molar-refractivity contribution in [2.24, 2.45) is 0 Å². The first-order chi connectivity index (χ1) is 5.59. The number of hydrogen-bond acceptors (Lipinski definition) is 1. The summed E-state index contributed by atoms with van der Waals surface area (Å²) >= 11 is 3.50. The molecule has 0 atom stereocenters. The van der Waals surface area contributed by atoms with E-state index in [0.29, 0.717) is 6.04 Å². The van der Waals surface area contributed by atoms with Crippen LogP contribution in [-0.4, -0.2) is 6.04 Å². The number of nitrogens with one attached hydrogen (secondary N) is 1. The highest BCUT2D eigenvalue weighted by Gasteiger charge is 1.97. The van der Waals surface area contributed by atoms with Crippen molar-refractivity contribution in [3.63, 3.8) is 0 Å². The Labute approximate surface area is 82.3 Å². The summed E-state index contributed by atoms with van der Waals surface area (Å²) in [6, 6.07) is 6.80. The summed E-state index contributed by atoms with van der Waals surface area (Å²) in [5, 5.41) is 3.34.